The SMILES string of the molecule is CC(C)(C)C[C@H](N)C(=O)NC1CCCN(S(=O)(=O)c2ccccn2)CC1=O. The van der Waals surface area contributed by atoms with E-state index in [1.54, 1.807) is 12.1 Å². The van der Waals surface area contributed by atoms with Crippen molar-refractivity contribution in [3.63, 3.8) is 0 Å². The van der Waals surface area contributed by atoms with Crippen molar-refractivity contribution in [1.29, 1.82) is 0 Å². The number of amides is 1. The first kappa shape index (κ1) is 21.5. The summed E-state index contributed by atoms with van der Waals surface area (Å²) in [7, 11) is -3.85. The molecule has 0 saturated carbocycles. The molecular formula is C18H28N4O4S. The van der Waals surface area contributed by atoms with Gasteiger partial charge >= 0.3 is 0 Å². The normalized spacial score (nSPS) is 20.7. The van der Waals surface area contributed by atoms with Gasteiger partial charge in [0, 0.05) is 12.7 Å². The number of hydrogen-bond acceptors (Lipinski definition) is 6. The summed E-state index contributed by atoms with van der Waals surface area (Å²) in [5, 5.41) is 2.60. The minimum atomic E-state index is -3.85. The Labute approximate surface area is 160 Å². The van der Waals surface area contributed by atoms with Gasteiger partial charge in [0.1, 0.15) is 0 Å². The van der Waals surface area contributed by atoms with E-state index in [4.69, 9.17) is 5.73 Å². The molecule has 8 nitrogen and oxygen atoms in total. The summed E-state index contributed by atoms with van der Waals surface area (Å²) in [6.45, 7) is 5.86. The van der Waals surface area contributed by atoms with Gasteiger partial charge in [-0.25, -0.2) is 13.4 Å². The third-order valence-corrected chi connectivity index (χ3v) is 6.11. The zero-order valence-electron chi connectivity index (χ0n) is 16.0. The molecule has 0 aromatic carbocycles. The zero-order valence-corrected chi connectivity index (χ0v) is 16.8. The molecule has 1 aromatic heterocycles. The van der Waals surface area contributed by atoms with Crippen LogP contribution in [0.25, 0.3) is 0 Å². The molecule has 1 saturated heterocycles. The Morgan fingerprint density at radius 3 is 2.70 bits per heavy atom. The predicted molar refractivity (Wildman–Crippen MR) is 101 cm³/mol. The van der Waals surface area contributed by atoms with E-state index >= 15 is 0 Å². The quantitative estimate of drug-likeness (QED) is 0.755. The van der Waals surface area contributed by atoms with E-state index in [1.165, 1.54) is 12.3 Å². The predicted octanol–water partition coefficient (Wildman–Crippen LogP) is 0.684. The van der Waals surface area contributed by atoms with Crippen LogP contribution in [0.1, 0.15) is 40.0 Å². The van der Waals surface area contributed by atoms with Crippen molar-refractivity contribution >= 4 is 21.7 Å². The van der Waals surface area contributed by atoms with Crippen molar-refractivity contribution in [2.45, 2.75) is 57.1 Å². The summed E-state index contributed by atoms with van der Waals surface area (Å²) in [5.74, 6) is -0.729. The van der Waals surface area contributed by atoms with Crippen LogP contribution in [0, 0.1) is 5.41 Å². The van der Waals surface area contributed by atoms with Gasteiger partial charge in [0.15, 0.2) is 10.8 Å². The minimum absolute atomic E-state index is 0.0903. The van der Waals surface area contributed by atoms with E-state index in [0.717, 1.165) is 4.31 Å². The van der Waals surface area contributed by atoms with Crippen molar-refractivity contribution in [3.8, 4) is 0 Å². The smallest absolute Gasteiger partial charge is 0.260 e. The number of carbonyl (C=O) groups excluding carboxylic acids is 2. The van der Waals surface area contributed by atoms with E-state index in [9.17, 15) is 18.0 Å². The second-order valence-electron chi connectivity index (χ2n) is 8.05. The Bertz CT molecular complexity index is 774. The summed E-state index contributed by atoms with van der Waals surface area (Å²) in [6, 6.07) is 3.16. The largest absolute Gasteiger partial charge is 0.345 e. The molecule has 3 N–H and O–H groups in total. The van der Waals surface area contributed by atoms with E-state index in [1.807, 2.05) is 20.8 Å². The first-order chi connectivity index (χ1) is 12.5. The number of hydrogen-bond donors (Lipinski definition) is 2. The number of nitrogens with one attached hydrogen (secondary N) is 1. The highest BCUT2D eigenvalue weighted by Crippen LogP contribution is 2.21. The summed E-state index contributed by atoms with van der Waals surface area (Å²) in [4.78, 5) is 28.8. The Morgan fingerprint density at radius 1 is 1.41 bits per heavy atom. The standard InChI is InChI=1S/C18H28N4O4S/c1-18(2,3)11-13(19)17(24)21-14-7-6-10-22(12-15(14)23)27(25,26)16-8-4-5-9-20-16/h4-5,8-9,13-14H,6-7,10-12,19H2,1-3H3,(H,21,24)/t13-,14?/m0/s1. The van der Waals surface area contributed by atoms with Crippen LogP contribution < -0.4 is 11.1 Å². The van der Waals surface area contributed by atoms with Crippen LogP contribution >= 0.6 is 0 Å². The molecule has 0 bridgehead atoms. The fourth-order valence-corrected chi connectivity index (χ4v) is 4.39. The first-order valence-corrected chi connectivity index (χ1v) is 10.4. The molecule has 1 aliphatic heterocycles. The van der Waals surface area contributed by atoms with Crippen LogP contribution in [0.5, 0.6) is 0 Å². The number of ketones is 1. The van der Waals surface area contributed by atoms with E-state index < -0.39 is 22.1 Å². The van der Waals surface area contributed by atoms with Crippen LogP contribution in [0.15, 0.2) is 29.4 Å². The van der Waals surface area contributed by atoms with Crippen molar-refractivity contribution < 1.29 is 18.0 Å². The molecule has 2 atom stereocenters. The second-order valence-corrected chi connectivity index (χ2v) is 9.93. The first-order valence-electron chi connectivity index (χ1n) is 9.00. The molecule has 0 aliphatic carbocycles. The summed E-state index contributed by atoms with van der Waals surface area (Å²) in [5.41, 5.74) is 5.83. The monoisotopic (exact) mass is 396 g/mol. The molecule has 2 heterocycles. The molecule has 1 amide bonds. The van der Waals surface area contributed by atoms with Crippen LogP contribution in [0.4, 0.5) is 0 Å². The number of nitrogens with zero attached hydrogens (tertiary/aromatic N) is 2. The van der Waals surface area contributed by atoms with Crippen molar-refractivity contribution in [3.05, 3.63) is 24.4 Å². The van der Waals surface area contributed by atoms with Gasteiger partial charge in [0.25, 0.3) is 10.0 Å². The molecule has 1 unspecified atom stereocenters. The van der Waals surface area contributed by atoms with Gasteiger partial charge < -0.3 is 11.1 Å². The zero-order chi connectivity index (χ0) is 20.2. The maximum atomic E-state index is 12.7. The van der Waals surface area contributed by atoms with E-state index in [0.29, 0.717) is 19.3 Å². The van der Waals surface area contributed by atoms with Crippen molar-refractivity contribution in [2.75, 3.05) is 13.1 Å². The molecule has 9 heteroatoms. The summed E-state index contributed by atoms with van der Waals surface area (Å²) >= 11 is 0. The number of carbonyl (C=O) groups is 2. The van der Waals surface area contributed by atoms with E-state index in [-0.39, 0.29) is 35.2 Å². The maximum Gasteiger partial charge on any atom is 0.260 e. The highest BCUT2D eigenvalue weighted by molar-refractivity contribution is 7.89. The maximum absolute atomic E-state index is 12.7. The molecule has 1 aliphatic rings. The minimum Gasteiger partial charge on any atom is -0.345 e. The van der Waals surface area contributed by atoms with Gasteiger partial charge in [-0.05, 0) is 36.8 Å². The van der Waals surface area contributed by atoms with Crippen LogP contribution in [-0.4, -0.2) is 54.6 Å². The highest BCUT2D eigenvalue weighted by atomic mass is 32.2. The Balaban J connectivity index is 2.05. The van der Waals surface area contributed by atoms with E-state index in [2.05, 4.69) is 10.3 Å². The molecule has 150 valence electrons. The Hall–Kier alpha value is -1.84. The number of sulfonamides is 1. The highest BCUT2D eigenvalue weighted by Gasteiger charge is 2.34. The van der Waals surface area contributed by atoms with Gasteiger partial charge in [-0.1, -0.05) is 26.8 Å². The van der Waals surface area contributed by atoms with Crippen LogP contribution in [0.3, 0.4) is 0 Å². The molecule has 27 heavy (non-hydrogen) atoms. The molecule has 0 spiro atoms. The van der Waals surface area contributed by atoms with Gasteiger partial charge in [0.2, 0.25) is 5.91 Å². The lowest BCUT2D eigenvalue weighted by atomic mass is 9.88. The lowest BCUT2D eigenvalue weighted by molar-refractivity contribution is -0.128. The summed E-state index contributed by atoms with van der Waals surface area (Å²) < 4.78 is 26.5. The van der Waals surface area contributed by atoms with Gasteiger partial charge in [-0.3, -0.25) is 9.59 Å². The molecule has 2 rings (SSSR count). The molecule has 1 aromatic rings. The Kier molecular flexibility index (Phi) is 6.72. The third kappa shape index (κ3) is 5.82. The number of rotatable bonds is 5. The number of Topliss-reactive ketones (excluding diaryl/α,β-unsaturated/α-hetero) is 1. The van der Waals surface area contributed by atoms with Gasteiger partial charge in [0.05, 0.1) is 18.6 Å². The molecule has 0 radical (unpaired) electrons. The van der Waals surface area contributed by atoms with Crippen molar-refractivity contribution in [2.24, 2.45) is 11.1 Å². The molecule has 1 fully saturated rings. The fraction of sp³-hybridized carbons (Fsp3) is 0.611. The second kappa shape index (κ2) is 8.45. The van der Waals surface area contributed by atoms with Crippen LogP contribution in [-0.2, 0) is 19.6 Å². The third-order valence-electron chi connectivity index (χ3n) is 4.35. The number of nitrogens with two attached hydrogens (primary N) is 1. The van der Waals surface area contributed by atoms with Gasteiger partial charge in [-0.2, -0.15) is 4.31 Å². The number of pyridine rings is 1. The molecular weight excluding hydrogens is 368 g/mol. The van der Waals surface area contributed by atoms with Crippen LogP contribution in [0.2, 0.25) is 0 Å². The summed E-state index contributed by atoms with van der Waals surface area (Å²) in [6.07, 6.45) is 2.71. The fourth-order valence-electron chi connectivity index (χ4n) is 3.02. The lowest BCUT2D eigenvalue weighted by Crippen LogP contribution is -2.50. The Morgan fingerprint density at radius 2 is 2.11 bits per heavy atom. The number of aromatic nitrogens is 1. The average molecular weight is 397 g/mol. The van der Waals surface area contributed by atoms with Crippen molar-refractivity contribution in [1.82, 2.24) is 14.6 Å². The lowest BCUT2D eigenvalue weighted by Gasteiger charge is -2.24. The average Bonchev–Trinajstić information content (AvgIpc) is 2.76. The van der Waals surface area contributed by atoms with Gasteiger partial charge in [-0.15, -0.1) is 0 Å². The topological polar surface area (TPSA) is 122 Å².